The maximum atomic E-state index is 13.2. The smallest absolute Gasteiger partial charge is 0.136 e. The fourth-order valence-electron chi connectivity index (χ4n) is 3.92. The van der Waals surface area contributed by atoms with Crippen molar-refractivity contribution in [3.8, 4) is 0 Å². The first kappa shape index (κ1) is 24.3. The highest BCUT2D eigenvalue weighted by Crippen LogP contribution is 2.34. The Bertz CT molecular complexity index is 440. The second-order valence-corrected chi connectivity index (χ2v) is 8.20. The van der Waals surface area contributed by atoms with Gasteiger partial charge < -0.3 is 15.3 Å². The lowest BCUT2D eigenvalue weighted by molar-refractivity contribution is -0.121. The molecule has 1 aliphatic rings. The molecule has 0 aromatic carbocycles. The van der Waals surface area contributed by atoms with Crippen LogP contribution in [0, 0.1) is 11.8 Å². The van der Waals surface area contributed by atoms with Gasteiger partial charge in [-0.2, -0.15) is 0 Å². The predicted octanol–water partition coefficient (Wildman–Crippen LogP) is 4.11. The van der Waals surface area contributed by atoms with Gasteiger partial charge in [0.25, 0.3) is 0 Å². The van der Waals surface area contributed by atoms with E-state index >= 15 is 0 Å². The fourth-order valence-corrected chi connectivity index (χ4v) is 3.92. The maximum Gasteiger partial charge on any atom is 0.136 e. The van der Waals surface area contributed by atoms with E-state index in [-0.39, 0.29) is 18.4 Å². The van der Waals surface area contributed by atoms with Gasteiger partial charge in [-0.05, 0) is 38.0 Å². The lowest BCUT2D eigenvalue weighted by atomic mass is 9.88. The van der Waals surface area contributed by atoms with Crippen LogP contribution in [-0.4, -0.2) is 46.1 Å². The van der Waals surface area contributed by atoms with Crippen LogP contribution >= 0.6 is 0 Å². The molecule has 1 rings (SSSR count). The van der Waals surface area contributed by atoms with Crippen molar-refractivity contribution in [2.75, 3.05) is 13.3 Å². The van der Waals surface area contributed by atoms with Crippen LogP contribution < -0.4 is 0 Å². The SMILES string of the molecule is CCCCC(O)(CF)CC=C[C@H]1CCC(=O)[C@@H]1CCCCCCC(O)CO. The topological polar surface area (TPSA) is 77.8 Å². The van der Waals surface area contributed by atoms with Crippen molar-refractivity contribution in [3.05, 3.63) is 12.2 Å². The zero-order valence-electron chi connectivity index (χ0n) is 16.9. The van der Waals surface area contributed by atoms with Gasteiger partial charge in [-0.25, -0.2) is 4.39 Å². The molecule has 0 heterocycles. The second kappa shape index (κ2) is 13.4. The Kier molecular flexibility index (Phi) is 12.0. The number of allylic oxidation sites excluding steroid dienone is 1. The zero-order valence-corrected chi connectivity index (χ0v) is 16.9. The monoisotopic (exact) mass is 386 g/mol. The number of rotatable bonds is 15. The van der Waals surface area contributed by atoms with Crippen LogP contribution in [0.2, 0.25) is 0 Å². The van der Waals surface area contributed by atoms with Gasteiger partial charge in [-0.15, -0.1) is 0 Å². The van der Waals surface area contributed by atoms with Gasteiger partial charge in [0, 0.05) is 12.3 Å². The van der Waals surface area contributed by atoms with Gasteiger partial charge in [0.2, 0.25) is 0 Å². The number of carbonyl (C=O) groups excluding carboxylic acids is 1. The van der Waals surface area contributed by atoms with E-state index in [9.17, 15) is 19.4 Å². The molecule has 5 heteroatoms. The van der Waals surface area contributed by atoms with Crippen molar-refractivity contribution in [1.82, 2.24) is 0 Å². The molecule has 0 radical (unpaired) electrons. The Morgan fingerprint density at radius 2 is 2.00 bits per heavy atom. The lowest BCUT2D eigenvalue weighted by Crippen LogP contribution is -2.30. The van der Waals surface area contributed by atoms with E-state index in [1.54, 1.807) is 0 Å². The molecular formula is C22H39FO4. The highest BCUT2D eigenvalue weighted by Gasteiger charge is 2.32. The van der Waals surface area contributed by atoms with E-state index in [0.717, 1.165) is 51.4 Å². The molecule has 158 valence electrons. The van der Waals surface area contributed by atoms with Crippen molar-refractivity contribution in [1.29, 1.82) is 0 Å². The number of carbonyl (C=O) groups is 1. The predicted molar refractivity (Wildman–Crippen MR) is 106 cm³/mol. The lowest BCUT2D eigenvalue weighted by Gasteiger charge is -2.23. The summed E-state index contributed by atoms with van der Waals surface area (Å²) in [5.74, 6) is 0.592. The molecular weight excluding hydrogens is 347 g/mol. The van der Waals surface area contributed by atoms with Gasteiger partial charge in [-0.1, -0.05) is 57.6 Å². The summed E-state index contributed by atoms with van der Waals surface area (Å²) in [6.07, 6.45) is 12.7. The summed E-state index contributed by atoms with van der Waals surface area (Å²) in [5, 5.41) is 28.4. The fraction of sp³-hybridized carbons (Fsp3) is 0.864. The van der Waals surface area contributed by atoms with Gasteiger partial charge >= 0.3 is 0 Å². The number of Topliss-reactive ketones (excluding diaryl/α,β-unsaturated/α-hetero) is 1. The highest BCUT2D eigenvalue weighted by atomic mass is 19.1. The molecule has 0 amide bonds. The van der Waals surface area contributed by atoms with Crippen molar-refractivity contribution in [2.24, 2.45) is 11.8 Å². The quantitative estimate of drug-likeness (QED) is 0.292. The molecule has 4 atom stereocenters. The van der Waals surface area contributed by atoms with Gasteiger partial charge in [-0.3, -0.25) is 4.79 Å². The van der Waals surface area contributed by atoms with Gasteiger partial charge in [0.15, 0.2) is 0 Å². The minimum absolute atomic E-state index is 0.0541. The number of ketones is 1. The molecule has 1 aliphatic carbocycles. The maximum absolute atomic E-state index is 13.2. The largest absolute Gasteiger partial charge is 0.394 e. The molecule has 3 N–H and O–H groups in total. The molecule has 0 bridgehead atoms. The van der Waals surface area contributed by atoms with Gasteiger partial charge in [0.05, 0.1) is 18.3 Å². The molecule has 0 aliphatic heterocycles. The Morgan fingerprint density at radius 3 is 2.67 bits per heavy atom. The average Bonchev–Trinajstić information content (AvgIpc) is 3.02. The van der Waals surface area contributed by atoms with Crippen LogP contribution in [0.25, 0.3) is 0 Å². The normalized spacial score (nSPS) is 23.8. The number of halogens is 1. The van der Waals surface area contributed by atoms with Gasteiger partial charge in [0.1, 0.15) is 12.5 Å². The first-order valence-electron chi connectivity index (χ1n) is 10.7. The summed E-state index contributed by atoms with van der Waals surface area (Å²) in [5.41, 5.74) is -1.26. The third kappa shape index (κ3) is 9.31. The molecule has 4 nitrogen and oxygen atoms in total. The number of unbranched alkanes of at least 4 members (excludes halogenated alkanes) is 4. The number of hydrogen-bond donors (Lipinski definition) is 3. The van der Waals surface area contributed by atoms with Crippen LogP contribution in [-0.2, 0) is 4.79 Å². The average molecular weight is 387 g/mol. The Balaban J connectivity index is 2.36. The van der Waals surface area contributed by atoms with E-state index in [2.05, 4.69) is 0 Å². The number of aliphatic hydroxyl groups excluding tert-OH is 2. The summed E-state index contributed by atoms with van der Waals surface area (Å²) in [7, 11) is 0. The van der Waals surface area contributed by atoms with E-state index < -0.39 is 18.4 Å². The number of hydrogen-bond acceptors (Lipinski definition) is 4. The first-order valence-corrected chi connectivity index (χ1v) is 10.7. The number of aliphatic hydroxyl groups is 3. The second-order valence-electron chi connectivity index (χ2n) is 8.20. The Labute approximate surface area is 163 Å². The standard InChI is InChI=1S/C22H39FO4/c1-2-3-14-22(27,17-23)15-8-9-18-12-13-21(26)20(18)11-7-5-4-6-10-19(25)16-24/h8-9,18-20,24-25,27H,2-7,10-17H2,1H3/t18-,19?,20+,22?/m0/s1. The number of alkyl halides is 1. The van der Waals surface area contributed by atoms with E-state index in [1.165, 1.54) is 0 Å². The van der Waals surface area contributed by atoms with Crippen molar-refractivity contribution in [2.45, 2.75) is 95.7 Å². The molecule has 0 saturated heterocycles. The molecule has 0 aromatic rings. The minimum Gasteiger partial charge on any atom is -0.394 e. The van der Waals surface area contributed by atoms with Crippen LogP contribution in [0.15, 0.2) is 12.2 Å². The highest BCUT2D eigenvalue weighted by molar-refractivity contribution is 5.83. The molecule has 1 fully saturated rings. The van der Waals surface area contributed by atoms with Crippen molar-refractivity contribution in [3.63, 3.8) is 0 Å². The molecule has 2 unspecified atom stereocenters. The minimum atomic E-state index is -1.26. The summed E-state index contributed by atoms with van der Waals surface area (Å²) < 4.78 is 13.2. The summed E-state index contributed by atoms with van der Waals surface area (Å²) in [6, 6.07) is 0. The van der Waals surface area contributed by atoms with Crippen molar-refractivity contribution >= 4 is 5.78 Å². The van der Waals surface area contributed by atoms with Crippen molar-refractivity contribution < 1.29 is 24.5 Å². The Morgan fingerprint density at radius 1 is 1.26 bits per heavy atom. The van der Waals surface area contributed by atoms with Crippen LogP contribution in [0.3, 0.4) is 0 Å². The van der Waals surface area contributed by atoms with E-state index in [4.69, 9.17) is 5.11 Å². The Hall–Kier alpha value is -0.780. The third-order valence-corrected chi connectivity index (χ3v) is 5.79. The summed E-state index contributed by atoms with van der Waals surface area (Å²) >= 11 is 0. The zero-order chi connectivity index (χ0) is 20.1. The summed E-state index contributed by atoms with van der Waals surface area (Å²) in [4.78, 5) is 12.2. The first-order chi connectivity index (χ1) is 13.0. The summed E-state index contributed by atoms with van der Waals surface area (Å²) in [6.45, 7) is 1.12. The molecule has 0 aromatic heterocycles. The van der Waals surface area contributed by atoms with Crippen LogP contribution in [0.4, 0.5) is 4.39 Å². The molecule has 1 saturated carbocycles. The van der Waals surface area contributed by atoms with Crippen LogP contribution in [0.5, 0.6) is 0 Å². The molecule has 0 spiro atoms. The third-order valence-electron chi connectivity index (χ3n) is 5.79. The van der Waals surface area contributed by atoms with E-state index in [0.29, 0.717) is 31.5 Å². The van der Waals surface area contributed by atoms with Crippen LogP contribution in [0.1, 0.15) is 84.0 Å². The van der Waals surface area contributed by atoms with E-state index in [1.807, 2.05) is 19.1 Å². The molecule has 27 heavy (non-hydrogen) atoms.